The van der Waals surface area contributed by atoms with Crippen LogP contribution in [0.15, 0.2) is 52.9 Å². The molecule has 0 radical (unpaired) electrons. The Hall–Kier alpha value is -2.31. The Kier molecular flexibility index (Phi) is 4.93. The number of halogens is 1. The minimum Gasteiger partial charge on any atom is -0.451 e. The fraction of sp³-hybridized carbons (Fsp3) is 0.286. The van der Waals surface area contributed by atoms with Gasteiger partial charge in [0.25, 0.3) is 5.91 Å². The van der Waals surface area contributed by atoms with Crippen LogP contribution in [0.2, 0.25) is 5.02 Å². The van der Waals surface area contributed by atoms with Crippen molar-refractivity contribution < 1.29 is 17.6 Å². The zero-order valence-corrected chi connectivity index (χ0v) is 17.0. The van der Waals surface area contributed by atoms with Crippen molar-refractivity contribution in [1.82, 2.24) is 4.90 Å². The van der Waals surface area contributed by atoms with Gasteiger partial charge < -0.3 is 9.32 Å². The second-order valence-electron chi connectivity index (χ2n) is 7.13. The number of carbonyl (C=O) groups excluding carboxylic acids is 1. The molecule has 0 bridgehead atoms. The first-order valence-corrected chi connectivity index (χ1v) is 11.3. The Bertz CT molecular complexity index is 1150. The lowest BCUT2D eigenvalue weighted by Gasteiger charge is -2.28. The molecule has 7 heteroatoms. The maximum atomic E-state index is 13.4. The number of rotatable bonds is 4. The predicted molar refractivity (Wildman–Crippen MR) is 109 cm³/mol. The largest absolute Gasteiger partial charge is 0.451 e. The molecule has 0 aliphatic carbocycles. The number of fused-ring (bicyclic) bond motifs is 1. The Morgan fingerprint density at radius 1 is 1.18 bits per heavy atom. The molecular formula is C21H20ClNO4S. The number of para-hydroxylation sites is 1. The second-order valence-corrected chi connectivity index (χ2v) is 9.77. The number of amides is 1. The number of hydrogen-bond acceptors (Lipinski definition) is 4. The molecule has 1 atom stereocenters. The lowest BCUT2D eigenvalue weighted by Crippen LogP contribution is -2.40. The molecule has 2 heterocycles. The molecule has 1 fully saturated rings. The van der Waals surface area contributed by atoms with Crippen LogP contribution < -0.4 is 0 Å². The quantitative estimate of drug-likeness (QED) is 0.637. The summed E-state index contributed by atoms with van der Waals surface area (Å²) in [4.78, 5) is 15.0. The molecule has 3 aromatic rings. The third kappa shape index (κ3) is 3.54. The molecule has 0 unspecified atom stereocenters. The molecule has 1 aliphatic rings. The molecule has 2 aromatic carbocycles. The fourth-order valence-electron chi connectivity index (χ4n) is 3.71. The maximum Gasteiger partial charge on any atom is 0.290 e. The molecule has 1 aliphatic heterocycles. The van der Waals surface area contributed by atoms with E-state index < -0.39 is 15.9 Å². The maximum absolute atomic E-state index is 13.4. The van der Waals surface area contributed by atoms with Crippen LogP contribution in [0.25, 0.3) is 11.0 Å². The van der Waals surface area contributed by atoms with E-state index in [1.54, 1.807) is 11.0 Å². The monoisotopic (exact) mass is 417 g/mol. The van der Waals surface area contributed by atoms with Gasteiger partial charge in [-0.2, -0.15) is 0 Å². The standard InChI is InChI=1S/C21H20ClNO4S/c1-14-17-7-3-5-9-19(17)27-20(14)21(24)23(16-10-11-28(25,26)13-16)12-15-6-2-4-8-18(15)22/h2-9,16H,10-13H2,1H3/t16-/m1/s1. The Balaban J connectivity index is 1.74. The summed E-state index contributed by atoms with van der Waals surface area (Å²) in [6.45, 7) is 2.08. The molecule has 1 amide bonds. The zero-order valence-electron chi connectivity index (χ0n) is 15.4. The summed E-state index contributed by atoms with van der Waals surface area (Å²) in [5.41, 5.74) is 2.17. The van der Waals surface area contributed by atoms with Gasteiger partial charge in [-0.05, 0) is 31.0 Å². The van der Waals surface area contributed by atoms with E-state index in [0.29, 0.717) is 17.0 Å². The zero-order chi connectivity index (χ0) is 19.9. The first kappa shape index (κ1) is 19.0. The summed E-state index contributed by atoms with van der Waals surface area (Å²) in [7, 11) is -3.15. The molecule has 1 aromatic heterocycles. The van der Waals surface area contributed by atoms with Crippen molar-refractivity contribution in [2.75, 3.05) is 11.5 Å². The van der Waals surface area contributed by atoms with Gasteiger partial charge in [-0.3, -0.25) is 4.79 Å². The van der Waals surface area contributed by atoms with E-state index in [4.69, 9.17) is 16.0 Å². The van der Waals surface area contributed by atoms with E-state index in [1.165, 1.54) is 0 Å². The van der Waals surface area contributed by atoms with Crippen molar-refractivity contribution in [3.05, 3.63) is 70.4 Å². The molecule has 1 saturated heterocycles. The highest BCUT2D eigenvalue weighted by Gasteiger charge is 2.37. The Morgan fingerprint density at radius 3 is 2.57 bits per heavy atom. The minimum absolute atomic E-state index is 0.0392. The number of benzene rings is 2. The summed E-state index contributed by atoms with van der Waals surface area (Å²) in [6.07, 6.45) is 0.414. The van der Waals surface area contributed by atoms with Crippen molar-refractivity contribution >= 4 is 38.3 Å². The average Bonchev–Trinajstić information content (AvgIpc) is 3.20. The predicted octanol–water partition coefficient (Wildman–Crippen LogP) is 4.22. The van der Waals surface area contributed by atoms with Crippen molar-refractivity contribution in [2.45, 2.75) is 25.9 Å². The molecule has 28 heavy (non-hydrogen) atoms. The highest BCUT2D eigenvalue weighted by atomic mass is 35.5. The number of carbonyl (C=O) groups is 1. The number of furan rings is 1. The Morgan fingerprint density at radius 2 is 1.89 bits per heavy atom. The third-order valence-corrected chi connectivity index (χ3v) is 7.37. The van der Waals surface area contributed by atoms with E-state index in [9.17, 15) is 13.2 Å². The van der Waals surface area contributed by atoms with Gasteiger partial charge in [0.1, 0.15) is 5.58 Å². The van der Waals surface area contributed by atoms with Crippen LogP contribution in [0.4, 0.5) is 0 Å². The fourth-order valence-corrected chi connectivity index (χ4v) is 5.63. The first-order valence-electron chi connectivity index (χ1n) is 9.08. The SMILES string of the molecule is Cc1c(C(=O)N(Cc2ccccc2Cl)[C@@H]2CCS(=O)(=O)C2)oc2ccccc12. The second kappa shape index (κ2) is 7.26. The number of hydrogen-bond donors (Lipinski definition) is 0. The van der Waals surface area contributed by atoms with Crippen LogP contribution in [0.3, 0.4) is 0 Å². The van der Waals surface area contributed by atoms with Gasteiger partial charge in [0, 0.05) is 28.6 Å². The van der Waals surface area contributed by atoms with Crippen LogP contribution in [0.1, 0.15) is 28.1 Å². The highest BCUT2D eigenvalue weighted by Crippen LogP contribution is 2.30. The molecular weight excluding hydrogens is 398 g/mol. The first-order chi connectivity index (χ1) is 13.4. The summed E-state index contributed by atoms with van der Waals surface area (Å²) in [5.74, 6) is -0.0146. The molecule has 0 spiro atoms. The highest BCUT2D eigenvalue weighted by molar-refractivity contribution is 7.91. The number of nitrogens with zero attached hydrogens (tertiary/aromatic N) is 1. The van der Waals surface area contributed by atoms with Crippen molar-refractivity contribution in [3.8, 4) is 0 Å². The lowest BCUT2D eigenvalue weighted by molar-refractivity contribution is 0.0649. The summed E-state index contributed by atoms with van der Waals surface area (Å²) in [5, 5.41) is 1.42. The van der Waals surface area contributed by atoms with Gasteiger partial charge in [0.15, 0.2) is 15.6 Å². The van der Waals surface area contributed by atoms with Crippen molar-refractivity contribution in [3.63, 3.8) is 0 Å². The van der Waals surface area contributed by atoms with Gasteiger partial charge in [-0.1, -0.05) is 48.0 Å². The summed E-state index contributed by atoms with van der Waals surface area (Å²) < 4.78 is 29.9. The van der Waals surface area contributed by atoms with Gasteiger partial charge in [-0.15, -0.1) is 0 Å². The van der Waals surface area contributed by atoms with E-state index >= 15 is 0 Å². The van der Waals surface area contributed by atoms with Crippen LogP contribution in [0.5, 0.6) is 0 Å². The van der Waals surface area contributed by atoms with Crippen LogP contribution >= 0.6 is 11.6 Å². The normalized spacial score (nSPS) is 18.4. The van der Waals surface area contributed by atoms with Gasteiger partial charge in [-0.25, -0.2) is 8.42 Å². The smallest absolute Gasteiger partial charge is 0.290 e. The summed E-state index contributed by atoms with van der Waals surface area (Å²) in [6, 6.07) is 14.3. The lowest BCUT2D eigenvalue weighted by atomic mass is 10.1. The summed E-state index contributed by atoms with van der Waals surface area (Å²) >= 11 is 6.30. The van der Waals surface area contributed by atoms with E-state index in [2.05, 4.69) is 0 Å². The molecule has 5 nitrogen and oxygen atoms in total. The van der Waals surface area contributed by atoms with Crippen LogP contribution in [0, 0.1) is 6.92 Å². The average molecular weight is 418 g/mol. The van der Waals surface area contributed by atoms with Gasteiger partial charge >= 0.3 is 0 Å². The van der Waals surface area contributed by atoms with Crippen LogP contribution in [-0.4, -0.2) is 36.8 Å². The van der Waals surface area contributed by atoms with Crippen LogP contribution in [-0.2, 0) is 16.4 Å². The van der Waals surface area contributed by atoms with E-state index in [0.717, 1.165) is 16.5 Å². The van der Waals surface area contributed by atoms with E-state index in [1.807, 2.05) is 49.4 Å². The number of sulfone groups is 1. The van der Waals surface area contributed by atoms with Gasteiger partial charge in [0.05, 0.1) is 11.5 Å². The van der Waals surface area contributed by atoms with Gasteiger partial charge in [0.2, 0.25) is 0 Å². The van der Waals surface area contributed by atoms with Crippen molar-refractivity contribution in [1.29, 1.82) is 0 Å². The molecule has 0 saturated carbocycles. The topological polar surface area (TPSA) is 67.6 Å². The molecule has 4 rings (SSSR count). The van der Waals surface area contributed by atoms with E-state index in [-0.39, 0.29) is 29.7 Å². The minimum atomic E-state index is -3.15. The Labute approximate surface area is 168 Å². The van der Waals surface area contributed by atoms with Crippen molar-refractivity contribution in [2.24, 2.45) is 0 Å². The molecule has 0 N–H and O–H groups in total. The third-order valence-electron chi connectivity index (χ3n) is 5.25. The number of aryl methyl sites for hydroxylation is 1. The molecule has 146 valence electrons.